The van der Waals surface area contributed by atoms with Crippen molar-refractivity contribution in [3.05, 3.63) is 12.2 Å². The molecule has 0 radical (unpaired) electrons. The molecule has 4 heteroatoms. The van der Waals surface area contributed by atoms with Gasteiger partial charge in [-0.1, -0.05) is 6.08 Å². The van der Waals surface area contributed by atoms with Crippen LogP contribution in [0.4, 0.5) is 0 Å². The molecular formula is C6H11Cl3O. The SMILES string of the molecule is Cl.Cl.Cl.O=C1C=CCCC1. The summed E-state index contributed by atoms with van der Waals surface area (Å²) in [4.78, 5) is 10.4. The molecule has 0 aromatic heterocycles. The Balaban J connectivity index is -0.000000163. The molecule has 0 fully saturated rings. The topological polar surface area (TPSA) is 17.1 Å². The predicted molar refractivity (Wildman–Crippen MR) is 49.7 cm³/mol. The Morgan fingerprint density at radius 2 is 1.80 bits per heavy atom. The molecule has 0 saturated carbocycles. The van der Waals surface area contributed by atoms with Crippen molar-refractivity contribution in [2.24, 2.45) is 0 Å². The highest BCUT2D eigenvalue weighted by Gasteiger charge is 1.98. The number of halogens is 3. The summed E-state index contributed by atoms with van der Waals surface area (Å²) >= 11 is 0. The molecule has 1 aliphatic carbocycles. The number of carbonyl (C=O) groups excluding carboxylic acids is 1. The Morgan fingerprint density at radius 3 is 2.00 bits per heavy atom. The maximum absolute atomic E-state index is 10.4. The van der Waals surface area contributed by atoms with Crippen molar-refractivity contribution in [2.45, 2.75) is 19.3 Å². The van der Waals surface area contributed by atoms with Crippen LogP contribution >= 0.6 is 37.2 Å². The molecule has 0 spiro atoms. The Kier molecular flexibility index (Phi) is 15.5. The van der Waals surface area contributed by atoms with Crippen LogP contribution in [0.25, 0.3) is 0 Å². The van der Waals surface area contributed by atoms with Gasteiger partial charge >= 0.3 is 0 Å². The van der Waals surface area contributed by atoms with E-state index in [1.165, 1.54) is 0 Å². The Bertz CT molecular complexity index is 112. The van der Waals surface area contributed by atoms with Gasteiger partial charge in [-0.05, 0) is 18.9 Å². The van der Waals surface area contributed by atoms with Crippen molar-refractivity contribution in [1.82, 2.24) is 0 Å². The van der Waals surface area contributed by atoms with Gasteiger partial charge in [-0.2, -0.15) is 0 Å². The fourth-order valence-electron chi connectivity index (χ4n) is 0.692. The van der Waals surface area contributed by atoms with Crippen LogP contribution in [0.15, 0.2) is 12.2 Å². The van der Waals surface area contributed by atoms with E-state index in [0.717, 1.165) is 19.3 Å². The van der Waals surface area contributed by atoms with Gasteiger partial charge in [0.25, 0.3) is 0 Å². The molecular weight excluding hydrogens is 194 g/mol. The molecule has 0 aliphatic heterocycles. The summed E-state index contributed by atoms with van der Waals surface area (Å²) < 4.78 is 0. The molecule has 0 N–H and O–H groups in total. The largest absolute Gasteiger partial charge is 0.295 e. The molecule has 0 heterocycles. The Morgan fingerprint density at radius 1 is 1.20 bits per heavy atom. The van der Waals surface area contributed by atoms with Gasteiger partial charge in [-0.3, -0.25) is 4.79 Å². The number of hydrogen-bond acceptors (Lipinski definition) is 1. The molecule has 0 bridgehead atoms. The zero-order chi connectivity index (χ0) is 5.11. The van der Waals surface area contributed by atoms with Gasteiger partial charge in [0.2, 0.25) is 0 Å². The first-order valence-corrected chi connectivity index (χ1v) is 2.59. The van der Waals surface area contributed by atoms with E-state index < -0.39 is 0 Å². The van der Waals surface area contributed by atoms with Gasteiger partial charge in [0, 0.05) is 6.42 Å². The van der Waals surface area contributed by atoms with Gasteiger partial charge in [-0.25, -0.2) is 0 Å². The lowest BCUT2D eigenvalue weighted by Gasteiger charge is -1.97. The highest BCUT2D eigenvalue weighted by molar-refractivity contribution is 5.90. The van der Waals surface area contributed by atoms with E-state index in [-0.39, 0.29) is 43.0 Å². The summed E-state index contributed by atoms with van der Waals surface area (Å²) in [5, 5.41) is 0. The standard InChI is InChI=1S/C6H8O.3ClH/c7-6-4-2-1-3-5-6;;;/h2,4H,1,3,5H2;3*1H. The first-order chi connectivity index (χ1) is 3.39. The minimum Gasteiger partial charge on any atom is -0.295 e. The van der Waals surface area contributed by atoms with Crippen LogP contribution in [0, 0.1) is 0 Å². The molecule has 1 aliphatic rings. The van der Waals surface area contributed by atoms with E-state index in [1.54, 1.807) is 6.08 Å². The van der Waals surface area contributed by atoms with Crippen LogP contribution < -0.4 is 0 Å². The molecule has 0 amide bonds. The fourth-order valence-corrected chi connectivity index (χ4v) is 0.692. The van der Waals surface area contributed by atoms with Crippen LogP contribution in [-0.4, -0.2) is 5.78 Å². The lowest BCUT2D eigenvalue weighted by atomic mass is 10.1. The van der Waals surface area contributed by atoms with Crippen molar-refractivity contribution in [3.8, 4) is 0 Å². The van der Waals surface area contributed by atoms with E-state index >= 15 is 0 Å². The molecule has 10 heavy (non-hydrogen) atoms. The zero-order valence-corrected chi connectivity index (χ0v) is 7.86. The van der Waals surface area contributed by atoms with Crippen molar-refractivity contribution in [1.29, 1.82) is 0 Å². The van der Waals surface area contributed by atoms with E-state index in [0.29, 0.717) is 0 Å². The van der Waals surface area contributed by atoms with Crippen LogP contribution in [0.5, 0.6) is 0 Å². The van der Waals surface area contributed by atoms with Gasteiger partial charge in [0.15, 0.2) is 5.78 Å². The number of allylic oxidation sites excluding steroid dienone is 2. The van der Waals surface area contributed by atoms with Gasteiger partial charge in [0.1, 0.15) is 0 Å². The van der Waals surface area contributed by atoms with Crippen LogP contribution in [0.2, 0.25) is 0 Å². The summed E-state index contributed by atoms with van der Waals surface area (Å²) in [6.07, 6.45) is 6.51. The molecule has 0 atom stereocenters. The van der Waals surface area contributed by atoms with Crippen molar-refractivity contribution in [3.63, 3.8) is 0 Å². The minimum atomic E-state index is 0. The second kappa shape index (κ2) is 9.28. The average Bonchev–Trinajstić information content (AvgIpc) is 1.69. The van der Waals surface area contributed by atoms with Crippen molar-refractivity contribution in [2.75, 3.05) is 0 Å². The fraction of sp³-hybridized carbons (Fsp3) is 0.500. The van der Waals surface area contributed by atoms with Gasteiger partial charge in [0.05, 0.1) is 0 Å². The first kappa shape index (κ1) is 16.7. The predicted octanol–water partition coefficient (Wildman–Crippen LogP) is 2.56. The zero-order valence-electron chi connectivity index (χ0n) is 5.41. The van der Waals surface area contributed by atoms with E-state index in [9.17, 15) is 4.79 Å². The average molecular weight is 206 g/mol. The van der Waals surface area contributed by atoms with E-state index in [1.807, 2.05) is 6.08 Å². The van der Waals surface area contributed by atoms with E-state index in [4.69, 9.17) is 0 Å². The number of carbonyl (C=O) groups is 1. The second-order valence-electron chi connectivity index (χ2n) is 1.76. The highest BCUT2D eigenvalue weighted by atomic mass is 35.5. The minimum absolute atomic E-state index is 0. The number of hydrogen-bond donors (Lipinski definition) is 0. The van der Waals surface area contributed by atoms with Crippen LogP contribution in [0.1, 0.15) is 19.3 Å². The Labute approximate surface area is 79.5 Å². The summed E-state index contributed by atoms with van der Waals surface area (Å²) in [6, 6.07) is 0. The van der Waals surface area contributed by atoms with Crippen molar-refractivity contribution >= 4 is 43.0 Å². The molecule has 0 saturated heterocycles. The second-order valence-corrected chi connectivity index (χ2v) is 1.76. The molecule has 62 valence electrons. The molecule has 0 unspecified atom stereocenters. The van der Waals surface area contributed by atoms with Gasteiger partial charge in [-0.15, -0.1) is 37.2 Å². The highest BCUT2D eigenvalue weighted by Crippen LogP contribution is 2.04. The third kappa shape index (κ3) is 6.40. The normalized spacial score (nSPS) is 14.2. The van der Waals surface area contributed by atoms with Gasteiger partial charge < -0.3 is 0 Å². The molecule has 0 aromatic carbocycles. The molecule has 1 rings (SSSR count). The Hall–Kier alpha value is 0.280. The lowest BCUT2D eigenvalue weighted by Crippen LogP contribution is -1.95. The first-order valence-electron chi connectivity index (χ1n) is 2.59. The van der Waals surface area contributed by atoms with Crippen LogP contribution in [-0.2, 0) is 4.79 Å². The van der Waals surface area contributed by atoms with Crippen LogP contribution in [0.3, 0.4) is 0 Å². The summed E-state index contributed by atoms with van der Waals surface area (Å²) in [5.74, 6) is 0.284. The summed E-state index contributed by atoms with van der Waals surface area (Å²) in [5.41, 5.74) is 0. The summed E-state index contributed by atoms with van der Waals surface area (Å²) in [6.45, 7) is 0. The monoisotopic (exact) mass is 204 g/mol. The number of ketones is 1. The lowest BCUT2D eigenvalue weighted by molar-refractivity contribution is -0.114. The third-order valence-corrected chi connectivity index (χ3v) is 1.10. The quantitative estimate of drug-likeness (QED) is 0.594. The molecule has 1 nitrogen and oxygen atoms in total. The van der Waals surface area contributed by atoms with Crippen molar-refractivity contribution < 1.29 is 4.79 Å². The maximum Gasteiger partial charge on any atom is 0.155 e. The van der Waals surface area contributed by atoms with E-state index in [2.05, 4.69) is 0 Å². The number of rotatable bonds is 0. The maximum atomic E-state index is 10.4. The smallest absolute Gasteiger partial charge is 0.155 e. The summed E-state index contributed by atoms with van der Waals surface area (Å²) in [7, 11) is 0. The third-order valence-electron chi connectivity index (χ3n) is 1.10. The molecule has 0 aromatic rings.